The van der Waals surface area contributed by atoms with Gasteiger partial charge in [0, 0.05) is 11.5 Å². The summed E-state index contributed by atoms with van der Waals surface area (Å²) in [6.07, 6.45) is 0. The number of aryl methyl sites for hydroxylation is 1. The number of halogens is 1. The van der Waals surface area contributed by atoms with Gasteiger partial charge in [-0.2, -0.15) is 4.37 Å². The number of hydrogen-bond donors (Lipinski definition) is 1. The van der Waals surface area contributed by atoms with E-state index in [1.807, 2.05) is 0 Å². The van der Waals surface area contributed by atoms with Crippen LogP contribution < -0.4 is 10.1 Å². The Labute approximate surface area is 119 Å². The van der Waals surface area contributed by atoms with E-state index in [9.17, 15) is 4.79 Å². The molecule has 0 spiro atoms. The van der Waals surface area contributed by atoms with Gasteiger partial charge in [-0.25, -0.2) is 4.98 Å². The third-order valence-electron chi connectivity index (χ3n) is 2.40. The summed E-state index contributed by atoms with van der Waals surface area (Å²) in [7, 11) is 1.58. The van der Waals surface area contributed by atoms with Gasteiger partial charge in [0.05, 0.1) is 7.11 Å². The van der Waals surface area contributed by atoms with Crippen LogP contribution in [0.4, 0.5) is 5.13 Å². The topological polar surface area (TPSA) is 64.1 Å². The summed E-state index contributed by atoms with van der Waals surface area (Å²) in [6, 6.07) is 7.02. The van der Waals surface area contributed by atoms with Crippen LogP contribution >= 0.6 is 23.1 Å². The minimum Gasteiger partial charge on any atom is -0.497 e. The van der Waals surface area contributed by atoms with Crippen molar-refractivity contribution < 1.29 is 9.53 Å². The largest absolute Gasteiger partial charge is 0.497 e. The van der Waals surface area contributed by atoms with Crippen LogP contribution in [0.5, 0.6) is 5.75 Å². The number of amides is 1. The van der Waals surface area contributed by atoms with Gasteiger partial charge in [0.1, 0.15) is 17.0 Å². The van der Waals surface area contributed by atoms with Crippen LogP contribution in [0.1, 0.15) is 16.8 Å². The van der Waals surface area contributed by atoms with E-state index < -0.39 is 5.38 Å². The Kier molecular flexibility index (Phi) is 4.34. The lowest BCUT2D eigenvalue weighted by Gasteiger charge is -2.09. The molecule has 2 aromatic rings. The van der Waals surface area contributed by atoms with Crippen LogP contribution in [-0.2, 0) is 4.79 Å². The predicted molar refractivity (Wildman–Crippen MR) is 74.9 cm³/mol. The first-order valence-electron chi connectivity index (χ1n) is 5.49. The van der Waals surface area contributed by atoms with Crippen LogP contribution in [0, 0.1) is 6.92 Å². The van der Waals surface area contributed by atoms with Gasteiger partial charge in [-0.05, 0) is 24.6 Å². The number of carbonyl (C=O) groups excluding carboxylic acids is 1. The predicted octanol–water partition coefficient (Wildman–Crippen LogP) is 2.77. The first-order chi connectivity index (χ1) is 9.10. The molecule has 19 heavy (non-hydrogen) atoms. The van der Waals surface area contributed by atoms with Gasteiger partial charge >= 0.3 is 0 Å². The van der Waals surface area contributed by atoms with Crippen molar-refractivity contribution >= 4 is 34.2 Å². The van der Waals surface area contributed by atoms with Crippen molar-refractivity contribution in [2.75, 3.05) is 12.4 Å². The minimum atomic E-state index is -0.782. The molecule has 0 saturated heterocycles. The molecule has 7 heteroatoms. The fraction of sp³-hybridized carbons (Fsp3) is 0.250. The molecule has 5 nitrogen and oxygen atoms in total. The van der Waals surface area contributed by atoms with Crippen molar-refractivity contribution in [2.45, 2.75) is 12.3 Å². The standard InChI is InChI=1S/C12H12ClN3O2S/c1-7-14-12(19-16-7)15-11(17)10(13)8-3-5-9(18-2)6-4-8/h3-6,10H,1-2H3,(H,14,15,16,17). The van der Waals surface area contributed by atoms with Crippen LogP contribution in [0.25, 0.3) is 0 Å². The van der Waals surface area contributed by atoms with Crippen molar-refractivity contribution in [2.24, 2.45) is 0 Å². The smallest absolute Gasteiger partial charge is 0.248 e. The van der Waals surface area contributed by atoms with Gasteiger partial charge in [0.25, 0.3) is 0 Å². The number of ether oxygens (including phenoxy) is 1. The Morgan fingerprint density at radius 2 is 2.11 bits per heavy atom. The van der Waals surface area contributed by atoms with E-state index in [0.717, 1.165) is 11.5 Å². The number of benzene rings is 1. The van der Waals surface area contributed by atoms with E-state index in [-0.39, 0.29) is 5.91 Å². The Balaban J connectivity index is 2.05. The normalized spacial score (nSPS) is 11.9. The quantitative estimate of drug-likeness (QED) is 0.881. The van der Waals surface area contributed by atoms with Gasteiger partial charge in [-0.15, -0.1) is 11.6 Å². The number of hydrogen-bond acceptors (Lipinski definition) is 5. The maximum absolute atomic E-state index is 11.9. The Morgan fingerprint density at radius 1 is 1.42 bits per heavy atom. The zero-order valence-electron chi connectivity index (χ0n) is 10.4. The number of nitrogens with zero attached hydrogens (tertiary/aromatic N) is 2. The SMILES string of the molecule is COc1ccc(C(Cl)C(=O)Nc2nc(C)ns2)cc1. The van der Waals surface area contributed by atoms with Crippen molar-refractivity contribution in [3.8, 4) is 5.75 Å². The third kappa shape index (κ3) is 3.42. The van der Waals surface area contributed by atoms with E-state index in [2.05, 4.69) is 14.7 Å². The number of alkyl halides is 1. The fourth-order valence-electron chi connectivity index (χ4n) is 1.44. The summed E-state index contributed by atoms with van der Waals surface area (Å²) < 4.78 is 9.03. The lowest BCUT2D eigenvalue weighted by molar-refractivity contribution is -0.116. The molecule has 100 valence electrons. The molecule has 0 saturated carbocycles. The van der Waals surface area contributed by atoms with E-state index in [1.54, 1.807) is 38.3 Å². The highest BCUT2D eigenvalue weighted by Gasteiger charge is 2.19. The molecular formula is C12H12ClN3O2S. The molecular weight excluding hydrogens is 286 g/mol. The highest BCUT2D eigenvalue weighted by atomic mass is 35.5. The molecule has 0 fully saturated rings. The first kappa shape index (κ1) is 13.8. The monoisotopic (exact) mass is 297 g/mol. The Morgan fingerprint density at radius 3 is 2.63 bits per heavy atom. The number of carbonyl (C=O) groups is 1. The van der Waals surface area contributed by atoms with Crippen LogP contribution in [0.3, 0.4) is 0 Å². The van der Waals surface area contributed by atoms with E-state index in [0.29, 0.717) is 22.3 Å². The van der Waals surface area contributed by atoms with Gasteiger partial charge in [-0.3, -0.25) is 10.1 Å². The average Bonchev–Trinajstić information content (AvgIpc) is 2.83. The summed E-state index contributed by atoms with van der Waals surface area (Å²) in [6.45, 7) is 1.76. The Hall–Kier alpha value is -1.66. The highest BCUT2D eigenvalue weighted by Crippen LogP contribution is 2.24. The molecule has 0 aliphatic carbocycles. The molecule has 2 rings (SSSR count). The molecule has 1 aromatic carbocycles. The van der Waals surface area contributed by atoms with E-state index >= 15 is 0 Å². The molecule has 0 aliphatic rings. The Bertz CT molecular complexity index is 571. The lowest BCUT2D eigenvalue weighted by Crippen LogP contribution is -2.17. The van der Waals surface area contributed by atoms with Crippen molar-refractivity contribution in [3.05, 3.63) is 35.7 Å². The zero-order valence-corrected chi connectivity index (χ0v) is 12.0. The minimum absolute atomic E-state index is 0.331. The van der Waals surface area contributed by atoms with Crippen molar-refractivity contribution in [1.29, 1.82) is 0 Å². The fourth-order valence-corrected chi connectivity index (χ4v) is 2.22. The summed E-state index contributed by atoms with van der Waals surface area (Å²) in [5.41, 5.74) is 0.696. The maximum Gasteiger partial charge on any atom is 0.248 e. The summed E-state index contributed by atoms with van der Waals surface area (Å²) in [5.74, 6) is 1.01. The van der Waals surface area contributed by atoms with Gasteiger partial charge in [0.15, 0.2) is 0 Å². The molecule has 0 bridgehead atoms. The molecule has 1 atom stereocenters. The second-order valence-electron chi connectivity index (χ2n) is 3.77. The van der Waals surface area contributed by atoms with E-state index in [4.69, 9.17) is 16.3 Å². The molecule has 1 N–H and O–H groups in total. The number of rotatable bonds is 4. The van der Waals surface area contributed by atoms with Crippen molar-refractivity contribution in [1.82, 2.24) is 9.36 Å². The second-order valence-corrected chi connectivity index (χ2v) is 4.96. The molecule has 0 radical (unpaired) electrons. The molecule has 1 unspecified atom stereocenters. The molecule has 1 amide bonds. The van der Waals surface area contributed by atoms with Gasteiger partial charge in [0.2, 0.25) is 11.0 Å². The number of anilines is 1. The summed E-state index contributed by atoms with van der Waals surface area (Å²) in [4.78, 5) is 16.0. The zero-order chi connectivity index (χ0) is 13.8. The third-order valence-corrected chi connectivity index (χ3v) is 3.57. The lowest BCUT2D eigenvalue weighted by atomic mass is 10.1. The first-order valence-corrected chi connectivity index (χ1v) is 6.70. The second kappa shape index (κ2) is 5.99. The van der Waals surface area contributed by atoms with Gasteiger partial charge in [-0.1, -0.05) is 12.1 Å². The highest BCUT2D eigenvalue weighted by molar-refractivity contribution is 7.09. The summed E-state index contributed by atoms with van der Waals surface area (Å²) >= 11 is 7.24. The molecule has 1 aromatic heterocycles. The van der Waals surface area contributed by atoms with E-state index in [1.165, 1.54) is 0 Å². The maximum atomic E-state index is 11.9. The average molecular weight is 298 g/mol. The van der Waals surface area contributed by atoms with Crippen LogP contribution in [0.15, 0.2) is 24.3 Å². The van der Waals surface area contributed by atoms with Gasteiger partial charge < -0.3 is 4.74 Å². The summed E-state index contributed by atoms with van der Waals surface area (Å²) in [5, 5.41) is 2.30. The van der Waals surface area contributed by atoms with Crippen molar-refractivity contribution in [3.63, 3.8) is 0 Å². The number of aromatic nitrogens is 2. The van der Waals surface area contributed by atoms with Crippen LogP contribution in [-0.4, -0.2) is 22.4 Å². The molecule has 0 aliphatic heterocycles. The number of nitrogens with one attached hydrogen (secondary N) is 1. The number of methoxy groups -OCH3 is 1. The van der Waals surface area contributed by atoms with Crippen LogP contribution in [0.2, 0.25) is 0 Å². The molecule has 1 heterocycles.